The Labute approximate surface area is 115 Å². The van der Waals surface area contributed by atoms with Gasteiger partial charge in [-0.05, 0) is 18.2 Å². The summed E-state index contributed by atoms with van der Waals surface area (Å²) in [5.41, 5.74) is 7.22. The van der Waals surface area contributed by atoms with Crippen molar-refractivity contribution in [3.05, 3.63) is 41.0 Å². The van der Waals surface area contributed by atoms with Crippen LogP contribution in [0.15, 0.2) is 30.5 Å². The van der Waals surface area contributed by atoms with Gasteiger partial charge in [-0.3, -0.25) is 0 Å². The van der Waals surface area contributed by atoms with Crippen LogP contribution >= 0.6 is 11.6 Å². The molecule has 1 aromatic heterocycles. The lowest BCUT2D eigenvalue weighted by molar-refractivity contribution is 0.415. The summed E-state index contributed by atoms with van der Waals surface area (Å²) < 4.78 is 5.12. The minimum atomic E-state index is 0.373. The van der Waals surface area contributed by atoms with Crippen LogP contribution < -0.4 is 15.8 Å². The third-order valence-electron chi connectivity index (χ3n) is 2.47. The number of methoxy groups -OCH3 is 1. The molecule has 0 saturated heterocycles. The SMILES string of the molecule is COc1ccc(Cl)c(Nc2ncc(C#N)cc2N)c1. The van der Waals surface area contributed by atoms with Crippen molar-refractivity contribution in [1.29, 1.82) is 5.26 Å². The lowest BCUT2D eigenvalue weighted by atomic mass is 10.2. The van der Waals surface area contributed by atoms with Gasteiger partial charge in [-0.15, -0.1) is 0 Å². The third kappa shape index (κ3) is 2.87. The highest BCUT2D eigenvalue weighted by molar-refractivity contribution is 6.33. The van der Waals surface area contributed by atoms with Gasteiger partial charge in [0.15, 0.2) is 5.82 Å². The summed E-state index contributed by atoms with van der Waals surface area (Å²) in [7, 11) is 1.57. The minimum Gasteiger partial charge on any atom is -0.497 e. The Kier molecular flexibility index (Phi) is 3.74. The number of hydrogen-bond acceptors (Lipinski definition) is 5. The van der Waals surface area contributed by atoms with Gasteiger partial charge >= 0.3 is 0 Å². The van der Waals surface area contributed by atoms with Crippen molar-refractivity contribution in [3.63, 3.8) is 0 Å². The number of halogens is 1. The Balaban J connectivity index is 2.33. The molecule has 96 valence electrons. The standard InChI is InChI=1S/C13H11ClN4O/c1-19-9-2-3-10(14)12(5-9)18-13-11(16)4-8(6-15)7-17-13/h2-5,7H,16H2,1H3,(H,17,18). The highest BCUT2D eigenvalue weighted by Gasteiger charge is 2.07. The number of nitrogens with two attached hydrogens (primary N) is 1. The molecule has 0 radical (unpaired) electrons. The highest BCUT2D eigenvalue weighted by Crippen LogP contribution is 2.30. The fraction of sp³-hybridized carbons (Fsp3) is 0.0769. The van der Waals surface area contributed by atoms with E-state index in [-0.39, 0.29) is 0 Å². The number of anilines is 3. The van der Waals surface area contributed by atoms with Gasteiger partial charge in [0.05, 0.1) is 29.1 Å². The van der Waals surface area contributed by atoms with Gasteiger partial charge in [-0.1, -0.05) is 11.6 Å². The summed E-state index contributed by atoms with van der Waals surface area (Å²) in [5.74, 6) is 1.10. The normalized spacial score (nSPS) is 9.74. The van der Waals surface area contributed by atoms with Crippen molar-refractivity contribution >= 4 is 28.8 Å². The molecule has 0 bridgehead atoms. The fourth-order valence-electron chi connectivity index (χ4n) is 1.50. The zero-order valence-corrected chi connectivity index (χ0v) is 10.9. The van der Waals surface area contributed by atoms with E-state index in [1.807, 2.05) is 6.07 Å². The predicted molar refractivity (Wildman–Crippen MR) is 74.7 cm³/mol. The molecule has 0 atom stereocenters. The van der Waals surface area contributed by atoms with E-state index in [0.717, 1.165) is 0 Å². The molecular formula is C13H11ClN4O. The van der Waals surface area contributed by atoms with Crippen molar-refractivity contribution in [3.8, 4) is 11.8 Å². The zero-order valence-electron chi connectivity index (χ0n) is 10.1. The number of nitrogens with one attached hydrogen (secondary N) is 1. The van der Waals surface area contributed by atoms with E-state index < -0.39 is 0 Å². The van der Waals surface area contributed by atoms with Crippen molar-refractivity contribution in [2.45, 2.75) is 0 Å². The first-order valence-corrected chi connectivity index (χ1v) is 5.78. The van der Waals surface area contributed by atoms with Crippen molar-refractivity contribution in [2.24, 2.45) is 0 Å². The van der Waals surface area contributed by atoms with Gasteiger partial charge in [-0.2, -0.15) is 5.26 Å². The van der Waals surface area contributed by atoms with E-state index in [0.29, 0.717) is 33.5 Å². The van der Waals surface area contributed by atoms with Crippen molar-refractivity contribution < 1.29 is 4.74 Å². The lowest BCUT2D eigenvalue weighted by Gasteiger charge is -2.11. The Morgan fingerprint density at radius 1 is 1.42 bits per heavy atom. The Morgan fingerprint density at radius 3 is 2.84 bits per heavy atom. The van der Waals surface area contributed by atoms with Crippen molar-refractivity contribution in [2.75, 3.05) is 18.2 Å². The number of rotatable bonds is 3. The van der Waals surface area contributed by atoms with E-state index in [2.05, 4.69) is 10.3 Å². The van der Waals surface area contributed by atoms with Crippen LogP contribution in [-0.4, -0.2) is 12.1 Å². The molecule has 0 aliphatic carbocycles. The van der Waals surface area contributed by atoms with Crippen LogP contribution in [0.3, 0.4) is 0 Å². The zero-order chi connectivity index (χ0) is 13.8. The number of benzene rings is 1. The second kappa shape index (κ2) is 5.46. The number of aromatic nitrogens is 1. The summed E-state index contributed by atoms with van der Waals surface area (Å²) in [6.45, 7) is 0. The number of ether oxygens (including phenoxy) is 1. The second-order valence-corrected chi connectivity index (χ2v) is 4.15. The lowest BCUT2D eigenvalue weighted by Crippen LogP contribution is -2.00. The average Bonchev–Trinajstić information content (AvgIpc) is 2.43. The summed E-state index contributed by atoms with van der Waals surface area (Å²) in [6.07, 6.45) is 1.44. The molecular weight excluding hydrogens is 264 g/mol. The molecule has 0 saturated carbocycles. The van der Waals surface area contributed by atoms with Crippen LogP contribution in [0, 0.1) is 11.3 Å². The maximum Gasteiger partial charge on any atom is 0.153 e. The van der Waals surface area contributed by atoms with Crippen LogP contribution in [0.5, 0.6) is 5.75 Å². The molecule has 1 aromatic carbocycles. The molecule has 0 aliphatic rings. The monoisotopic (exact) mass is 274 g/mol. The maximum atomic E-state index is 8.75. The molecule has 1 heterocycles. The summed E-state index contributed by atoms with van der Waals surface area (Å²) in [6, 6.07) is 8.72. The fourth-order valence-corrected chi connectivity index (χ4v) is 1.67. The van der Waals surface area contributed by atoms with E-state index >= 15 is 0 Å². The van der Waals surface area contributed by atoms with E-state index in [1.54, 1.807) is 31.4 Å². The molecule has 5 nitrogen and oxygen atoms in total. The van der Waals surface area contributed by atoms with Crippen LogP contribution in [-0.2, 0) is 0 Å². The number of nitrogen functional groups attached to an aromatic ring is 1. The topological polar surface area (TPSA) is 84.0 Å². The van der Waals surface area contributed by atoms with Gasteiger partial charge in [0.1, 0.15) is 11.8 Å². The van der Waals surface area contributed by atoms with E-state index in [4.69, 9.17) is 27.3 Å². The Bertz CT molecular complexity index is 652. The van der Waals surface area contributed by atoms with Crippen molar-refractivity contribution in [1.82, 2.24) is 4.98 Å². The van der Waals surface area contributed by atoms with E-state index in [9.17, 15) is 0 Å². The first kappa shape index (κ1) is 13.0. The average molecular weight is 275 g/mol. The second-order valence-electron chi connectivity index (χ2n) is 3.74. The number of nitriles is 1. The quantitative estimate of drug-likeness (QED) is 0.899. The number of pyridine rings is 1. The molecule has 0 fully saturated rings. The van der Waals surface area contributed by atoms with Gasteiger partial charge < -0.3 is 15.8 Å². The highest BCUT2D eigenvalue weighted by atomic mass is 35.5. The molecule has 0 spiro atoms. The van der Waals surface area contributed by atoms with E-state index in [1.165, 1.54) is 6.20 Å². The molecule has 2 rings (SSSR count). The Morgan fingerprint density at radius 2 is 2.21 bits per heavy atom. The molecule has 0 unspecified atom stereocenters. The predicted octanol–water partition coefficient (Wildman–Crippen LogP) is 2.94. The van der Waals surface area contributed by atoms with Crippen LogP contribution in [0.1, 0.15) is 5.56 Å². The maximum absolute atomic E-state index is 8.75. The van der Waals surface area contributed by atoms with Crippen LogP contribution in [0.25, 0.3) is 0 Å². The molecule has 19 heavy (non-hydrogen) atoms. The molecule has 6 heteroatoms. The summed E-state index contributed by atoms with van der Waals surface area (Å²) in [4.78, 5) is 4.08. The minimum absolute atomic E-state index is 0.373. The van der Waals surface area contributed by atoms with Gasteiger partial charge in [-0.25, -0.2) is 4.98 Å². The van der Waals surface area contributed by atoms with Gasteiger partial charge in [0.25, 0.3) is 0 Å². The summed E-state index contributed by atoms with van der Waals surface area (Å²) in [5, 5.41) is 12.3. The molecule has 2 aromatic rings. The summed E-state index contributed by atoms with van der Waals surface area (Å²) >= 11 is 6.07. The first-order valence-electron chi connectivity index (χ1n) is 5.40. The van der Waals surface area contributed by atoms with Gasteiger partial charge in [0, 0.05) is 12.3 Å². The van der Waals surface area contributed by atoms with Crippen LogP contribution in [0.2, 0.25) is 5.02 Å². The first-order chi connectivity index (χ1) is 9.13. The molecule has 0 aliphatic heterocycles. The largest absolute Gasteiger partial charge is 0.497 e. The third-order valence-corrected chi connectivity index (χ3v) is 2.80. The molecule has 0 amide bonds. The number of nitrogens with zero attached hydrogens (tertiary/aromatic N) is 2. The Hall–Kier alpha value is -2.45. The van der Waals surface area contributed by atoms with Crippen LogP contribution in [0.4, 0.5) is 17.2 Å². The van der Waals surface area contributed by atoms with Gasteiger partial charge in [0.2, 0.25) is 0 Å². The smallest absolute Gasteiger partial charge is 0.153 e. The molecule has 3 N–H and O–H groups in total. The number of hydrogen-bond donors (Lipinski definition) is 2.